The van der Waals surface area contributed by atoms with Gasteiger partial charge < -0.3 is 4.90 Å². The second kappa shape index (κ2) is 7.02. The summed E-state index contributed by atoms with van der Waals surface area (Å²) in [5.41, 5.74) is 9.01. The highest BCUT2D eigenvalue weighted by Crippen LogP contribution is 2.51. The van der Waals surface area contributed by atoms with Crippen LogP contribution in [0.15, 0.2) is 60.8 Å². The smallest absolute Gasteiger partial charge is 0.0723 e. The third kappa shape index (κ3) is 2.97. The third-order valence-electron chi connectivity index (χ3n) is 7.12. The van der Waals surface area contributed by atoms with Crippen molar-refractivity contribution in [3.63, 3.8) is 0 Å². The molecule has 1 aliphatic carbocycles. The second-order valence-corrected chi connectivity index (χ2v) is 9.21. The zero-order valence-corrected chi connectivity index (χ0v) is 17.8. The van der Waals surface area contributed by atoms with Gasteiger partial charge in [0.05, 0.1) is 11.4 Å². The lowest BCUT2D eigenvalue weighted by atomic mass is 9.73. The molecule has 2 nitrogen and oxygen atoms in total. The van der Waals surface area contributed by atoms with Crippen molar-refractivity contribution in [2.75, 3.05) is 11.9 Å². The van der Waals surface area contributed by atoms with Gasteiger partial charge in [0.2, 0.25) is 0 Å². The summed E-state index contributed by atoms with van der Waals surface area (Å²) in [6, 6.07) is 20.0. The first-order valence-corrected chi connectivity index (χ1v) is 11.0. The van der Waals surface area contributed by atoms with Gasteiger partial charge in [0.25, 0.3) is 0 Å². The molecule has 2 aromatic carbocycles. The number of pyridine rings is 1. The summed E-state index contributed by atoms with van der Waals surface area (Å²) in [7, 11) is 2.19. The van der Waals surface area contributed by atoms with Crippen LogP contribution in [0.4, 0.5) is 11.4 Å². The Morgan fingerprint density at radius 3 is 2.38 bits per heavy atom. The minimum Gasteiger partial charge on any atom is -0.344 e. The van der Waals surface area contributed by atoms with Crippen LogP contribution in [0.1, 0.15) is 68.6 Å². The van der Waals surface area contributed by atoms with Crippen LogP contribution in [0.3, 0.4) is 0 Å². The van der Waals surface area contributed by atoms with Crippen LogP contribution in [0.25, 0.3) is 11.3 Å². The van der Waals surface area contributed by atoms with Gasteiger partial charge in [-0.15, -0.1) is 0 Å². The van der Waals surface area contributed by atoms with E-state index >= 15 is 0 Å². The summed E-state index contributed by atoms with van der Waals surface area (Å²) in [6.45, 7) is 4.67. The number of hydrogen-bond donors (Lipinski definition) is 0. The van der Waals surface area contributed by atoms with Gasteiger partial charge in [0, 0.05) is 29.9 Å². The van der Waals surface area contributed by atoms with E-state index in [0.717, 1.165) is 5.69 Å². The fraction of sp³-hybridized carbons (Fsp3) is 0.370. The fourth-order valence-electron chi connectivity index (χ4n) is 5.42. The molecule has 2 aliphatic rings. The highest BCUT2D eigenvalue weighted by Gasteiger charge is 2.36. The molecule has 1 saturated carbocycles. The molecule has 0 saturated heterocycles. The maximum absolute atomic E-state index is 4.94. The maximum atomic E-state index is 4.94. The van der Waals surface area contributed by atoms with E-state index in [4.69, 9.17) is 4.98 Å². The third-order valence-corrected chi connectivity index (χ3v) is 7.12. The highest BCUT2D eigenvalue weighted by atomic mass is 15.1. The van der Waals surface area contributed by atoms with E-state index in [1.54, 1.807) is 0 Å². The predicted molar refractivity (Wildman–Crippen MR) is 122 cm³/mol. The summed E-state index contributed by atoms with van der Waals surface area (Å²) < 4.78 is 0. The Labute approximate surface area is 174 Å². The van der Waals surface area contributed by atoms with E-state index in [1.807, 2.05) is 0 Å². The number of nitrogens with zero attached hydrogens (tertiary/aromatic N) is 2. The molecule has 148 valence electrons. The summed E-state index contributed by atoms with van der Waals surface area (Å²) in [5.74, 6) is 0.698. The van der Waals surface area contributed by atoms with Crippen molar-refractivity contribution in [3.8, 4) is 11.3 Å². The van der Waals surface area contributed by atoms with Crippen LogP contribution in [0.5, 0.6) is 0 Å². The topological polar surface area (TPSA) is 16.1 Å². The average molecular weight is 383 g/mol. The van der Waals surface area contributed by atoms with Gasteiger partial charge in [-0.05, 0) is 47.6 Å². The van der Waals surface area contributed by atoms with Crippen molar-refractivity contribution in [1.82, 2.24) is 4.98 Å². The van der Waals surface area contributed by atoms with Crippen LogP contribution in [0, 0.1) is 0 Å². The van der Waals surface area contributed by atoms with Crippen LogP contribution < -0.4 is 4.90 Å². The highest BCUT2D eigenvalue weighted by molar-refractivity contribution is 5.88. The molecule has 2 heteroatoms. The molecule has 0 amide bonds. The van der Waals surface area contributed by atoms with E-state index in [-0.39, 0.29) is 5.41 Å². The van der Waals surface area contributed by atoms with Gasteiger partial charge in [-0.1, -0.05) is 75.6 Å². The number of aromatic nitrogens is 1. The Hall–Kier alpha value is -2.61. The Morgan fingerprint density at radius 2 is 1.62 bits per heavy atom. The predicted octanol–water partition coefficient (Wildman–Crippen LogP) is 7.20. The number of anilines is 2. The Bertz CT molecular complexity index is 1030. The lowest BCUT2D eigenvalue weighted by molar-refractivity contribution is 0.443. The summed E-state index contributed by atoms with van der Waals surface area (Å²) in [5, 5.41) is 0. The first kappa shape index (κ1) is 18.4. The first-order chi connectivity index (χ1) is 14.1. The Balaban J connectivity index is 1.59. The SMILES string of the molecule is CN1c2ccccc2C(C)(C)c2cccc(-c3ccc(C4CCCCC4)cn3)c21. The normalized spacial score (nSPS) is 18.2. The molecule has 1 aromatic heterocycles. The number of para-hydroxylation sites is 2. The zero-order valence-electron chi connectivity index (χ0n) is 17.8. The quantitative estimate of drug-likeness (QED) is 0.466. The monoisotopic (exact) mass is 382 g/mol. The van der Waals surface area contributed by atoms with E-state index < -0.39 is 0 Å². The lowest BCUT2D eigenvalue weighted by Crippen LogP contribution is -2.31. The van der Waals surface area contributed by atoms with E-state index in [9.17, 15) is 0 Å². The molecule has 0 radical (unpaired) electrons. The molecular weight excluding hydrogens is 352 g/mol. The van der Waals surface area contributed by atoms with Crippen LogP contribution in [-0.2, 0) is 5.41 Å². The van der Waals surface area contributed by atoms with E-state index in [0.29, 0.717) is 5.92 Å². The largest absolute Gasteiger partial charge is 0.344 e. The molecule has 0 unspecified atom stereocenters. The standard InChI is InChI=1S/C27H30N2/c1-27(2)22-13-7-8-15-25(22)29(3)26-21(12-9-14-23(26)27)24-17-16-20(18-28-24)19-10-5-4-6-11-19/h7-9,12-19H,4-6,10-11H2,1-3H3. The maximum Gasteiger partial charge on any atom is 0.0723 e. The lowest BCUT2D eigenvalue weighted by Gasteiger charge is -2.41. The van der Waals surface area contributed by atoms with Crippen LogP contribution in [-0.4, -0.2) is 12.0 Å². The zero-order chi connectivity index (χ0) is 20.0. The number of benzene rings is 2. The van der Waals surface area contributed by atoms with Crippen LogP contribution >= 0.6 is 0 Å². The van der Waals surface area contributed by atoms with Crippen LogP contribution in [0.2, 0.25) is 0 Å². The van der Waals surface area contributed by atoms with Gasteiger partial charge in [-0.25, -0.2) is 0 Å². The van der Waals surface area contributed by atoms with Crippen molar-refractivity contribution in [2.24, 2.45) is 0 Å². The van der Waals surface area contributed by atoms with Crippen molar-refractivity contribution >= 4 is 11.4 Å². The second-order valence-electron chi connectivity index (χ2n) is 9.21. The van der Waals surface area contributed by atoms with Crippen molar-refractivity contribution in [3.05, 3.63) is 77.5 Å². The first-order valence-electron chi connectivity index (χ1n) is 11.0. The average Bonchev–Trinajstić information content (AvgIpc) is 2.78. The van der Waals surface area contributed by atoms with E-state index in [1.165, 1.54) is 65.7 Å². The minimum absolute atomic E-state index is 0.0313. The fourth-order valence-corrected chi connectivity index (χ4v) is 5.42. The molecule has 0 N–H and O–H groups in total. The van der Waals surface area contributed by atoms with Gasteiger partial charge >= 0.3 is 0 Å². The molecule has 0 spiro atoms. The van der Waals surface area contributed by atoms with Crippen molar-refractivity contribution in [1.29, 1.82) is 0 Å². The van der Waals surface area contributed by atoms with Gasteiger partial charge in [-0.3, -0.25) is 4.98 Å². The van der Waals surface area contributed by atoms with Gasteiger partial charge in [-0.2, -0.15) is 0 Å². The molecule has 29 heavy (non-hydrogen) atoms. The minimum atomic E-state index is -0.0313. The van der Waals surface area contributed by atoms with Crippen molar-refractivity contribution in [2.45, 2.75) is 57.3 Å². The number of fused-ring (bicyclic) bond motifs is 2. The van der Waals surface area contributed by atoms with Gasteiger partial charge in [0.15, 0.2) is 0 Å². The number of rotatable bonds is 2. The molecule has 2 heterocycles. The van der Waals surface area contributed by atoms with Gasteiger partial charge in [0.1, 0.15) is 0 Å². The molecule has 1 fully saturated rings. The molecule has 1 aliphatic heterocycles. The Morgan fingerprint density at radius 1 is 0.862 bits per heavy atom. The van der Waals surface area contributed by atoms with E-state index in [2.05, 4.69) is 86.6 Å². The van der Waals surface area contributed by atoms with Crippen molar-refractivity contribution < 1.29 is 0 Å². The molecule has 0 atom stereocenters. The summed E-state index contributed by atoms with van der Waals surface area (Å²) >= 11 is 0. The Kier molecular flexibility index (Phi) is 4.46. The summed E-state index contributed by atoms with van der Waals surface area (Å²) in [4.78, 5) is 7.29. The molecule has 3 aromatic rings. The summed E-state index contributed by atoms with van der Waals surface area (Å²) in [6.07, 6.45) is 8.87. The molecule has 5 rings (SSSR count). The molecule has 0 bridgehead atoms. The number of hydrogen-bond acceptors (Lipinski definition) is 2. The molecular formula is C27H30N2.